The molecular formula is C22H26Cl2N4O3. The number of carbonyl (C=O) groups is 1. The van der Waals surface area contributed by atoms with E-state index in [9.17, 15) is 15.0 Å². The number of rotatable bonds is 3. The normalized spacial score (nSPS) is 22.1. The van der Waals surface area contributed by atoms with Gasteiger partial charge in [0, 0.05) is 42.8 Å². The largest absolute Gasteiger partial charge is 0.389 e. The summed E-state index contributed by atoms with van der Waals surface area (Å²) in [6, 6.07) is 7.18. The number of aryl methyl sites for hydroxylation is 1. The van der Waals surface area contributed by atoms with E-state index in [1.807, 2.05) is 30.0 Å². The Bertz CT molecular complexity index is 956. The van der Waals surface area contributed by atoms with Crippen molar-refractivity contribution < 1.29 is 15.0 Å². The molecule has 0 radical (unpaired) electrons. The number of nitrogens with zero attached hydrogens (tertiary/aromatic N) is 3. The fourth-order valence-electron chi connectivity index (χ4n) is 4.12. The Morgan fingerprint density at radius 2 is 1.77 bits per heavy atom. The highest BCUT2D eigenvalue weighted by atomic mass is 35.5. The number of β-amino-alcohol motifs (C(OH)–C–C–N with tert-alkyl or cyclic N) is 2. The summed E-state index contributed by atoms with van der Waals surface area (Å²) in [7, 11) is 0. The zero-order valence-corrected chi connectivity index (χ0v) is 18.8. The van der Waals surface area contributed by atoms with Crippen molar-refractivity contribution in [1.29, 1.82) is 0 Å². The summed E-state index contributed by atoms with van der Waals surface area (Å²) in [4.78, 5) is 20.9. The number of benzene rings is 1. The van der Waals surface area contributed by atoms with Crippen LogP contribution in [0, 0.1) is 6.92 Å². The molecule has 2 saturated heterocycles. The van der Waals surface area contributed by atoms with E-state index in [4.69, 9.17) is 23.2 Å². The Morgan fingerprint density at radius 1 is 1.10 bits per heavy atom. The summed E-state index contributed by atoms with van der Waals surface area (Å²) < 4.78 is 0. The third-order valence-electron chi connectivity index (χ3n) is 6.07. The molecule has 166 valence electrons. The van der Waals surface area contributed by atoms with Gasteiger partial charge in [-0.15, -0.1) is 0 Å². The zero-order chi connectivity index (χ0) is 22.1. The van der Waals surface area contributed by atoms with E-state index in [1.54, 1.807) is 17.2 Å². The van der Waals surface area contributed by atoms with Gasteiger partial charge >= 0.3 is 6.03 Å². The molecule has 0 bridgehead atoms. The average Bonchev–Trinajstić information content (AvgIpc) is 3.09. The summed E-state index contributed by atoms with van der Waals surface area (Å²) in [5.41, 5.74) is 3.27. The second kappa shape index (κ2) is 9.20. The molecule has 0 unspecified atom stereocenters. The number of piperidine rings is 1. The topological polar surface area (TPSA) is 88.9 Å². The number of hydrogen-bond donors (Lipinski definition) is 3. The van der Waals surface area contributed by atoms with Gasteiger partial charge in [-0.1, -0.05) is 29.3 Å². The molecule has 2 aliphatic rings. The van der Waals surface area contributed by atoms with Crippen LogP contribution in [0.15, 0.2) is 30.5 Å². The second-order valence-electron chi connectivity index (χ2n) is 8.26. The van der Waals surface area contributed by atoms with Gasteiger partial charge in [-0.2, -0.15) is 0 Å². The van der Waals surface area contributed by atoms with Crippen LogP contribution in [0.25, 0.3) is 0 Å². The van der Waals surface area contributed by atoms with Crippen LogP contribution in [-0.2, 0) is 0 Å². The maximum Gasteiger partial charge on any atom is 0.321 e. The van der Waals surface area contributed by atoms with Gasteiger partial charge in [0.2, 0.25) is 0 Å². The SMILES string of the molecule is Cc1ccc(NC(=O)N2CCC(c3ncc(N4C[C@@H](O)[C@@H](O)C4)cc3Cl)CC2)cc1Cl. The molecule has 4 rings (SSSR count). The molecule has 9 heteroatoms. The van der Waals surface area contributed by atoms with E-state index in [1.165, 1.54) is 0 Å². The minimum atomic E-state index is -0.759. The molecule has 2 aromatic rings. The lowest BCUT2D eigenvalue weighted by molar-refractivity contribution is 0.0572. The number of pyridine rings is 1. The van der Waals surface area contributed by atoms with E-state index < -0.39 is 12.2 Å². The molecule has 31 heavy (non-hydrogen) atoms. The Hall–Kier alpha value is -2.06. The van der Waals surface area contributed by atoms with Gasteiger partial charge in [-0.25, -0.2) is 4.79 Å². The van der Waals surface area contributed by atoms with Gasteiger partial charge in [0.25, 0.3) is 0 Å². The van der Waals surface area contributed by atoms with E-state index in [2.05, 4.69) is 10.3 Å². The van der Waals surface area contributed by atoms with Crippen molar-refractivity contribution in [1.82, 2.24) is 9.88 Å². The average molecular weight is 465 g/mol. The predicted molar refractivity (Wildman–Crippen MR) is 122 cm³/mol. The van der Waals surface area contributed by atoms with Crippen LogP contribution in [-0.4, -0.2) is 64.5 Å². The number of aromatic nitrogens is 1. The molecule has 2 atom stereocenters. The number of hydrogen-bond acceptors (Lipinski definition) is 5. The summed E-state index contributed by atoms with van der Waals surface area (Å²) in [5.74, 6) is 0.175. The van der Waals surface area contributed by atoms with Crippen LogP contribution in [0.2, 0.25) is 10.0 Å². The molecule has 0 aliphatic carbocycles. The monoisotopic (exact) mass is 464 g/mol. The van der Waals surface area contributed by atoms with Gasteiger partial charge < -0.3 is 25.3 Å². The summed E-state index contributed by atoms with van der Waals surface area (Å²) in [6.45, 7) is 3.86. The van der Waals surface area contributed by atoms with Crippen molar-refractivity contribution >= 4 is 40.6 Å². The van der Waals surface area contributed by atoms with Crippen molar-refractivity contribution in [2.45, 2.75) is 37.9 Å². The Morgan fingerprint density at radius 3 is 2.39 bits per heavy atom. The van der Waals surface area contributed by atoms with E-state index in [0.717, 1.165) is 29.8 Å². The lowest BCUT2D eigenvalue weighted by Crippen LogP contribution is -2.40. The first kappa shape index (κ1) is 22.1. The molecule has 0 saturated carbocycles. The molecule has 0 spiro atoms. The lowest BCUT2D eigenvalue weighted by Gasteiger charge is -2.32. The molecule has 3 N–H and O–H groups in total. The highest BCUT2D eigenvalue weighted by Gasteiger charge is 2.31. The van der Waals surface area contributed by atoms with Crippen molar-refractivity contribution in [3.8, 4) is 0 Å². The maximum atomic E-state index is 12.6. The lowest BCUT2D eigenvalue weighted by atomic mass is 9.93. The maximum absolute atomic E-state index is 12.6. The molecule has 2 aliphatic heterocycles. The van der Waals surface area contributed by atoms with E-state index in [-0.39, 0.29) is 11.9 Å². The van der Waals surface area contributed by atoms with Crippen LogP contribution in [0.3, 0.4) is 0 Å². The predicted octanol–water partition coefficient (Wildman–Crippen LogP) is 3.65. The van der Waals surface area contributed by atoms with Gasteiger partial charge in [0.05, 0.1) is 34.8 Å². The first-order chi connectivity index (χ1) is 14.8. The Kier molecular flexibility index (Phi) is 6.57. The first-order valence-corrected chi connectivity index (χ1v) is 11.2. The van der Waals surface area contributed by atoms with Crippen LogP contribution >= 0.6 is 23.2 Å². The van der Waals surface area contributed by atoms with Gasteiger partial charge in [-0.05, 0) is 43.5 Å². The standard InChI is InChI=1S/C22H26Cl2N4O3/c1-13-2-3-15(8-17(13)23)26-22(31)27-6-4-14(5-7-27)21-18(24)9-16(10-25-21)28-11-19(29)20(30)12-28/h2-3,8-10,14,19-20,29-30H,4-7,11-12H2,1H3,(H,26,31)/t19-,20+. The highest BCUT2D eigenvalue weighted by Crippen LogP contribution is 2.34. The molecule has 1 aromatic carbocycles. The third-order valence-corrected chi connectivity index (χ3v) is 6.78. The minimum absolute atomic E-state index is 0.140. The minimum Gasteiger partial charge on any atom is -0.389 e. The fraction of sp³-hybridized carbons (Fsp3) is 0.455. The van der Waals surface area contributed by atoms with Crippen molar-refractivity contribution in [3.05, 3.63) is 51.8 Å². The van der Waals surface area contributed by atoms with Crippen molar-refractivity contribution in [3.63, 3.8) is 0 Å². The van der Waals surface area contributed by atoms with Gasteiger partial charge in [0.1, 0.15) is 0 Å². The number of nitrogens with one attached hydrogen (secondary N) is 1. The molecule has 3 heterocycles. The molecule has 2 fully saturated rings. The van der Waals surface area contributed by atoms with Crippen LogP contribution in [0.1, 0.15) is 30.0 Å². The second-order valence-corrected chi connectivity index (χ2v) is 9.07. The number of urea groups is 1. The molecule has 1 aromatic heterocycles. The number of carbonyl (C=O) groups excluding carboxylic acids is 1. The number of aliphatic hydroxyl groups excluding tert-OH is 2. The number of amides is 2. The van der Waals surface area contributed by atoms with Crippen molar-refractivity contribution in [2.75, 3.05) is 36.4 Å². The van der Waals surface area contributed by atoms with E-state index in [0.29, 0.717) is 41.9 Å². The van der Waals surface area contributed by atoms with Crippen LogP contribution in [0.5, 0.6) is 0 Å². The summed E-state index contributed by atoms with van der Waals surface area (Å²) >= 11 is 12.7. The molecular weight excluding hydrogens is 439 g/mol. The third kappa shape index (κ3) is 4.90. The number of halogens is 2. The molecule has 2 amide bonds. The van der Waals surface area contributed by atoms with Crippen molar-refractivity contribution in [2.24, 2.45) is 0 Å². The van der Waals surface area contributed by atoms with Gasteiger partial charge in [0.15, 0.2) is 0 Å². The Balaban J connectivity index is 1.35. The first-order valence-electron chi connectivity index (χ1n) is 10.4. The smallest absolute Gasteiger partial charge is 0.321 e. The fourth-order valence-corrected chi connectivity index (χ4v) is 4.62. The number of anilines is 2. The molecule has 7 nitrogen and oxygen atoms in total. The summed E-state index contributed by atoms with van der Waals surface area (Å²) in [5, 5.41) is 23.6. The Labute approximate surface area is 191 Å². The van der Waals surface area contributed by atoms with Crippen LogP contribution < -0.4 is 10.2 Å². The van der Waals surface area contributed by atoms with Gasteiger partial charge in [-0.3, -0.25) is 4.98 Å². The number of likely N-dealkylation sites (tertiary alicyclic amines) is 1. The van der Waals surface area contributed by atoms with Crippen LogP contribution in [0.4, 0.5) is 16.2 Å². The quantitative estimate of drug-likeness (QED) is 0.644. The highest BCUT2D eigenvalue weighted by molar-refractivity contribution is 6.32. The summed E-state index contributed by atoms with van der Waals surface area (Å²) in [6.07, 6.45) is 1.77. The van der Waals surface area contributed by atoms with E-state index >= 15 is 0 Å². The zero-order valence-electron chi connectivity index (χ0n) is 17.3. The number of aliphatic hydroxyl groups is 2.